The van der Waals surface area contributed by atoms with Crippen molar-refractivity contribution in [1.82, 2.24) is 0 Å². The van der Waals surface area contributed by atoms with Crippen molar-refractivity contribution in [3.63, 3.8) is 0 Å². The number of rotatable bonds is 2. The van der Waals surface area contributed by atoms with Crippen LogP contribution in [0.25, 0.3) is 0 Å². The SMILES string of the molecule is CC(=O)[C@H](F)C1CCCCC1. The van der Waals surface area contributed by atoms with Gasteiger partial charge < -0.3 is 0 Å². The lowest BCUT2D eigenvalue weighted by atomic mass is 9.85. The van der Waals surface area contributed by atoms with Gasteiger partial charge in [-0.1, -0.05) is 19.3 Å². The Bertz CT molecular complexity index is 138. The molecule has 0 aromatic carbocycles. The zero-order valence-corrected chi connectivity index (χ0v) is 6.98. The number of hydrogen-bond acceptors (Lipinski definition) is 1. The van der Waals surface area contributed by atoms with E-state index in [1.165, 1.54) is 13.3 Å². The average Bonchev–Trinajstić information content (AvgIpc) is 2.05. The maximum atomic E-state index is 13.1. The van der Waals surface area contributed by atoms with Gasteiger partial charge in [0.2, 0.25) is 0 Å². The third-order valence-electron chi connectivity index (χ3n) is 2.45. The van der Waals surface area contributed by atoms with E-state index in [0.717, 1.165) is 25.7 Å². The van der Waals surface area contributed by atoms with Gasteiger partial charge in [-0.05, 0) is 25.7 Å². The first-order chi connectivity index (χ1) is 5.22. The van der Waals surface area contributed by atoms with Gasteiger partial charge in [-0.25, -0.2) is 4.39 Å². The molecule has 1 nitrogen and oxygen atoms in total. The minimum absolute atomic E-state index is 0.0289. The number of carbonyl (C=O) groups is 1. The fraction of sp³-hybridized carbons (Fsp3) is 0.889. The Morgan fingerprint density at radius 1 is 1.36 bits per heavy atom. The summed E-state index contributed by atoms with van der Waals surface area (Å²) >= 11 is 0. The Morgan fingerprint density at radius 3 is 2.36 bits per heavy atom. The van der Waals surface area contributed by atoms with Gasteiger partial charge in [0.15, 0.2) is 12.0 Å². The van der Waals surface area contributed by atoms with Gasteiger partial charge in [0.1, 0.15) is 0 Å². The molecule has 1 aliphatic rings. The number of carbonyl (C=O) groups excluding carboxylic acids is 1. The molecule has 2 heteroatoms. The lowest BCUT2D eigenvalue weighted by Crippen LogP contribution is -2.25. The topological polar surface area (TPSA) is 17.1 Å². The average molecular weight is 158 g/mol. The molecule has 0 bridgehead atoms. The van der Waals surface area contributed by atoms with Crippen LogP contribution in [0, 0.1) is 5.92 Å². The van der Waals surface area contributed by atoms with Gasteiger partial charge in [0, 0.05) is 0 Å². The van der Waals surface area contributed by atoms with Crippen LogP contribution in [0.15, 0.2) is 0 Å². The standard InChI is InChI=1S/C9H15FO/c1-7(11)9(10)8-5-3-2-4-6-8/h8-9H,2-6H2,1H3/t9-/m0/s1. The summed E-state index contributed by atoms with van der Waals surface area (Å²) in [6, 6.07) is 0. The second-order valence-electron chi connectivity index (χ2n) is 3.41. The van der Waals surface area contributed by atoms with Crippen molar-refractivity contribution in [2.24, 2.45) is 5.92 Å². The fourth-order valence-corrected chi connectivity index (χ4v) is 1.76. The molecule has 64 valence electrons. The molecule has 0 aliphatic heterocycles. The molecule has 1 atom stereocenters. The van der Waals surface area contributed by atoms with Crippen molar-refractivity contribution >= 4 is 5.78 Å². The highest BCUT2D eigenvalue weighted by atomic mass is 19.1. The molecule has 0 N–H and O–H groups in total. The maximum absolute atomic E-state index is 13.1. The summed E-state index contributed by atoms with van der Waals surface area (Å²) in [5.74, 6) is -0.266. The van der Waals surface area contributed by atoms with Crippen LogP contribution in [0.3, 0.4) is 0 Å². The van der Waals surface area contributed by atoms with E-state index >= 15 is 0 Å². The Morgan fingerprint density at radius 2 is 1.91 bits per heavy atom. The maximum Gasteiger partial charge on any atom is 0.164 e. The second-order valence-corrected chi connectivity index (χ2v) is 3.41. The highest BCUT2D eigenvalue weighted by molar-refractivity contribution is 5.80. The van der Waals surface area contributed by atoms with Crippen molar-refractivity contribution in [2.75, 3.05) is 0 Å². The molecule has 0 saturated heterocycles. The largest absolute Gasteiger partial charge is 0.297 e. The normalized spacial score (nSPS) is 23.1. The first kappa shape index (κ1) is 8.69. The molecule has 0 unspecified atom stereocenters. The summed E-state index contributed by atoms with van der Waals surface area (Å²) in [6.07, 6.45) is 4.02. The van der Waals surface area contributed by atoms with Gasteiger partial charge in [0.05, 0.1) is 0 Å². The van der Waals surface area contributed by atoms with Crippen LogP contribution in [0.1, 0.15) is 39.0 Å². The summed E-state index contributed by atoms with van der Waals surface area (Å²) in [5.41, 5.74) is 0. The summed E-state index contributed by atoms with van der Waals surface area (Å²) in [7, 11) is 0. The van der Waals surface area contributed by atoms with E-state index in [1.54, 1.807) is 0 Å². The van der Waals surface area contributed by atoms with Crippen LogP contribution >= 0.6 is 0 Å². The first-order valence-electron chi connectivity index (χ1n) is 4.36. The van der Waals surface area contributed by atoms with E-state index in [2.05, 4.69) is 0 Å². The van der Waals surface area contributed by atoms with Crippen LogP contribution in [0.2, 0.25) is 0 Å². The minimum atomic E-state index is -1.18. The lowest BCUT2D eigenvalue weighted by molar-refractivity contribution is -0.123. The smallest absolute Gasteiger partial charge is 0.164 e. The molecule has 0 aromatic heterocycles. The molecule has 0 aromatic rings. The number of Topliss-reactive ketones (excluding diaryl/α,β-unsaturated/α-hetero) is 1. The van der Waals surface area contributed by atoms with E-state index in [0.29, 0.717) is 0 Å². The number of halogens is 1. The quantitative estimate of drug-likeness (QED) is 0.603. The van der Waals surface area contributed by atoms with Gasteiger partial charge in [0.25, 0.3) is 0 Å². The van der Waals surface area contributed by atoms with Crippen LogP contribution < -0.4 is 0 Å². The van der Waals surface area contributed by atoms with Crippen molar-refractivity contribution in [2.45, 2.75) is 45.2 Å². The first-order valence-corrected chi connectivity index (χ1v) is 4.36. The third kappa shape index (κ3) is 2.28. The molecular formula is C9H15FO. The molecule has 1 aliphatic carbocycles. The van der Waals surface area contributed by atoms with Gasteiger partial charge >= 0.3 is 0 Å². The summed E-state index contributed by atoms with van der Waals surface area (Å²) in [5, 5.41) is 0. The summed E-state index contributed by atoms with van der Waals surface area (Å²) in [6.45, 7) is 1.35. The predicted molar refractivity (Wildman–Crippen MR) is 42.2 cm³/mol. The molecule has 0 spiro atoms. The van der Waals surface area contributed by atoms with E-state index in [1.807, 2.05) is 0 Å². The molecule has 11 heavy (non-hydrogen) atoms. The number of ketones is 1. The Kier molecular flexibility index (Phi) is 3.03. The van der Waals surface area contributed by atoms with Crippen molar-refractivity contribution < 1.29 is 9.18 Å². The summed E-state index contributed by atoms with van der Waals surface area (Å²) < 4.78 is 13.1. The van der Waals surface area contributed by atoms with E-state index in [4.69, 9.17) is 0 Å². The molecule has 1 fully saturated rings. The zero-order valence-electron chi connectivity index (χ0n) is 6.98. The van der Waals surface area contributed by atoms with Crippen LogP contribution in [0.5, 0.6) is 0 Å². The van der Waals surface area contributed by atoms with Crippen LogP contribution in [-0.4, -0.2) is 12.0 Å². The van der Waals surface area contributed by atoms with Crippen molar-refractivity contribution in [3.8, 4) is 0 Å². The highest BCUT2D eigenvalue weighted by Gasteiger charge is 2.26. The van der Waals surface area contributed by atoms with E-state index in [-0.39, 0.29) is 11.7 Å². The second kappa shape index (κ2) is 3.84. The molecule has 1 saturated carbocycles. The van der Waals surface area contributed by atoms with E-state index < -0.39 is 6.17 Å². The Balaban J connectivity index is 2.38. The van der Waals surface area contributed by atoms with Crippen molar-refractivity contribution in [3.05, 3.63) is 0 Å². The van der Waals surface area contributed by atoms with Crippen LogP contribution in [0.4, 0.5) is 4.39 Å². The lowest BCUT2D eigenvalue weighted by Gasteiger charge is -2.23. The molecule has 1 rings (SSSR count). The number of alkyl halides is 1. The van der Waals surface area contributed by atoms with Gasteiger partial charge in [-0.3, -0.25) is 4.79 Å². The van der Waals surface area contributed by atoms with Crippen LogP contribution in [-0.2, 0) is 4.79 Å². The van der Waals surface area contributed by atoms with Gasteiger partial charge in [-0.2, -0.15) is 0 Å². The Hall–Kier alpha value is -0.400. The molecular weight excluding hydrogens is 143 g/mol. The monoisotopic (exact) mass is 158 g/mol. The highest BCUT2D eigenvalue weighted by Crippen LogP contribution is 2.28. The van der Waals surface area contributed by atoms with Crippen molar-refractivity contribution in [1.29, 1.82) is 0 Å². The fourth-order valence-electron chi connectivity index (χ4n) is 1.76. The minimum Gasteiger partial charge on any atom is -0.297 e. The molecule has 0 amide bonds. The van der Waals surface area contributed by atoms with Gasteiger partial charge in [-0.15, -0.1) is 0 Å². The molecule has 0 radical (unpaired) electrons. The number of hydrogen-bond donors (Lipinski definition) is 0. The predicted octanol–water partition coefficient (Wildman–Crippen LogP) is 2.49. The third-order valence-corrected chi connectivity index (χ3v) is 2.45. The zero-order chi connectivity index (χ0) is 8.27. The summed E-state index contributed by atoms with van der Waals surface area (Å²) in [4.78, 5) is 10.7. The van der Waals surface area contributed by atoms with E-state index in [9.17, 15) is 9.18 Å². The Labute approximate surface area is 67.0 Å². The molecule has 0 heterocycles.